The molecule has 0 amide bonds. The summed E-state index contributed by atoms with van der Waals surface area (Å²) in [5.41, 5.74) is 1.16. The number of nitrogens with zero attached hydrogens (tertiary/aromatic N) is 2. The van der Waals surface area contributed by atoms with Gasteiger partial charge in [0.15, 0.2) is 5.79 Å². The number of benzene rings is 1. The van der Waals surface area contributed by atoms with Crippen LogP contribution in [-0.4, -0.2) is 28.6 Å². The summed E-state index contributed by atoms with van der Waals surface area (Å²) in [7, 11) is 0. The molecule has 0 aliphatic carbocycles. The Hall–Kier alpha value is -1.07. The highest BCUT2D eigenvalue weighted by Gasteiger charge is 2.43. The number of aromatic nitrogens is 2. The fourth-order valence-electron chi connectivity index (χ4n) is 3.33. The fraction of sp³-hybridized carbons (Fsp3) is 0.550. The van der Waals surface area contributed by atoms with Crippen molar-refractivity contribution in [2.45, 2.75) is 51.9 Å². The van der Waals surface area contributed by atoms with Crippen LogP contribution < -0.4 is 0 Å². The second-order valence-corrected chi connectivity index (χ2v) is 8.01. The predicted molar refractivity (Wildman–Crippen MR) is 105 cm³/mol. The summed E-state index contributed by atoms with van der Waals surface area (Å²) in [6.45, 7) is 6.44. The quantitative estimate of drug-likeness (QED) is 0.630. The van der Waals surface area contributed by atoms with Crippen molar-refractivity contribution in [1.29, 1.82) is 0 Å². The second kappa shape index (κ2) is 8.30. The van der Waals surface area contributed by atoms with E-state index in [1.165, 1.54) is 0 Å². The molecule has 1 aliphatic heterocycles. The number of halogens is 2. The smallest absolute Gasteiger partial charge is 0.186 e. The van der Waals surface area contributed by atoms with Gasteiger partial charge >= 0.3 is 0 Å². The molecule has 0 spiro atoms. The minimum Gasteiger partial charge on any atom is -0.347 e. The van der Waals surface area contributed by atoms with Crippen molar-refractivity contribution >= 4 is 23.2 Å². The lowest BCUT2D eigenvalue weighted by molar-refractivity contribution is -0.313. The Morgan fingerprint density at radius 3 is 2.46 bits per heavy atom. The third kappa shape index (κ3) is 4.42. The van der Waals surface area contributed by atoms with E-state index in [9.17, 15) is 0 Å². The third-order valence-corrected chi connectivity index (χ3v) is 6.14. The average Bonchev–Trinajstić information content (AvgIpc) is 3.15. The van der Waals surface area contributed by atoms with E-state index in [2.05, 4.69) is 18.8 Å². The number of hydrogen-bond donors (Lipinski definition) is 0. The van der Waals surface area contributed by atoms with E-state index in [-0.39, 0.29) is 5.41 Å². The van der Waals surface area contributed by atoms with Crippen LogP contribution in [0.3, 0.4) is 0 Å². The molecule has 1 saturated heterocycles. The maximum Gasteiger partial charge on any atom is 0.186 e. The molecule has 6 heteroatoms. The Morgan fingerprint density at radius 1 is 1.15 bits per heavy atom. The Labute approximate surface area is 165 Å². The molecular formula is C20H26Cl2N2O2. The van der Waals surface area contributed by atoms with Crippen LogP contribution in [0.25, 0.3) is 0 Å². The summed E-state index contributed by atoms with van der Waals surface area (Å²) in [6, 6.07) is 5.62. The van der Waals surface area contributed by atoms with Crippen molar-refractivity contribution in [2.24, 2.45) is 5.41 Å². The van der Waals surface area contributed by atoms with Crippen LogP contribution in [0, 0.1) is 5.41 Å². The fourth-order valence-corrected chi connectivity index (χ4v) is 3.84. The zero-order valence-corrected chi connectivity index (χ0v) is 16.9. The van der Waals surface area contributed by atoms with Gasteiger partial charge in [0.2, 0.25) is 0 Å². The molecule has 142 valence electrons. The molecule has 0 saturated carbocycles. The van der Waals surface area contributed by atoms with Crippen LogP contribution in [0.4, 0.5) is 0 Å². The number of ether oxygens (including phenoxy) is 2. The summed E-state index contributed by atoms with van der Waals surface area (Å²) < 4.78 is 14.8. The van der Waals surface area contributed by atoms with Crippen LogP contribution in [0.2, 0.25) is 10.0 Å². The number of rotatable bonds is 7. The molecular weight excluding hydrogens is 371 g/mol. The zero-order valence-electron chi connectivity index (χ0n) is 15.4. The van der Waals surface area contributed by atoms with Gasteiger partial charge in [0.25, 0.3) is 0 Å². The maximum atomic E-state index is 6.38. The first-order valence-corrected chi connectivity index (χ1v) is 9.93. The van der Waals surface area contributed by atoms with Crippen LogP contribution >= 0.6 is 23.2 Å². The van der Waals surface area contributed by atoms with Gasteiger partial charge in [-0.1, -0.05) is 43.1 Å². The summed E-state index contributed by atoms with van der Waals surface area (Å²) in [5.74, 6) is -0.669. The summed E-state index contributed by atoms with van der Waals surface area (Å²) in [5, 5.41) is 1.33. The normalized spacial score (nSPS) is 18.8. The molecule has 4 nitrogen and oxygen atoms in total. The highest BCUT2D eigenvalue weighted by Crippen LogP contribution is 2.38. The molecule has 0 unspecified atom stereocenters. The molecule has 0 N–H and O–H groups in total. The molecule has 2 aromatic rings. The van der Waals surface area contributed by atoms with Gasteiger partial charge in [0, 0.05) is 34.3 Å². The van der Waals surface area contributed by atoms with E-state index in [4.69, 9.17) is 32.7 Å². The van der Waals surface area contributed by atoms with Gasteiger partial charge in [-0.3, -0.25) is 0 Å². The number of hydrogen-bond acceptors (Lipinski definition) is 3. The summed E-state index contributed by atoms with van der Waals surface area (Å²) >= 11 is 12.4. The molecule has 2 heterocycles. The van der Waals surface area contributed by atoms with E-state index in [0.717, 1.165) is 31.2 Å². The SMILES string of the molecule is CCC1(CC)COC(CCc2ccc(Cl)cc2Cl)(Cn2ccnc2)OC1. The van der Waals surface area contributed by atoms with Crippen molar-refractivity contribution in [3.8, 4) is 0 Å². The van der Waals surface area contributed by atoms with E-state index in [1.54, 1.807) is 18.6 Å². The lowest BCUT2D eigenvalue weighted by Crippen LogP contribution is -2.51. The topological polar surface area (TPSA) is 36.3 Å². The lowest BCUT2D eigenvalue weighted by Gasteiger charge is -2.46. The molecule has 0 atom stereocenters. The Kier molecular flexibility index (Phi) is 6.29. The van der Waals surface area contributed by atoms with E-state index >= 15 is 0 Å². The van der Waals surface area contributed by atoms with E-state index in [1.807, 2.05) is 22.9 Å². The van der Waals surface area contributed by atoms with Crippen LogP contribution in [0.15, 0.2) is 36.9 Å². The van der Waals surface area contributed by atoms with Crippen LogP contribution in [-0.2, 0) is 22.4 Å². The van der Waals surface area contributed by atoms with Gasteiger partial charge in [-0.05, 0) is 37.0 Å². The molecule has 1 fully saturated rings. The summed E-state index contributed by atoms with van der Waals surface area (Å²) in [6.07, 6.45) is 9.08. The third-order valence-electron chi connectivity index (χ3n) is 5.56. The molecule has 1 aromatic heterocycles. The molecule has 26 heavy (non-hydrogen) atoms. The minimum atomic E-state index is -0.669. The van der Waals surface area contributed by atoms with Gasteiger partial charge in [-0.25, -0.2) is 4.98 Å². The number of imidazole rings is 1. The minimum absolute atomic E-state index is 0.107. The Balaban J connectivity index is 1.75. The van der Waals surface area contributed by atoms with Crippen molar-refractivity contribution in [1.82, 2.24) is 9.55 Å². The molecule has 1 aliphatic rings. The van der Waals surface area contributed by atoms with Gasteiger partial charge < -0.3 is 14.0 Å². The predicted octanol–water partition coefficient (Wildman–Crippen LogP) is 5.37. The van der Waals surface area contributed by atoms with Crippen LogP contribution in [0.5, 0.6) is 0 Å². The standard InChI is InChI=1S/C20H26Cl2N2O2/c1-3-19(4-2)13-25-20(26-14-19,12-24-10-9-23-15-24)8-7-16-5-6-17(21)11-18(16)22/h5-6,9-11,15H,3-4,7-8,12-14H2,1-2H3. The van der Waals surface area contributed by atoms with Gasteiger partial charge in [-0.2, -0.15) is 0 Å². The molecule has 3 rings (SSSR count). The van der Waals surface area contributed by atoms with Gasteiger partial charge in [0.05, 0.1) is 26.1 Å². The highest BCUT2D eigenvalue weighted by molar-refractivity contribution is 6.35. The van der Waals surface area contributed by atoms with E-state index in [0.29, 0.717) is 29.8 Å². The number of aryl methyl sites for hydroxylation is 1. The van der Waals surface area contributed by atoms with Crippen molar-refractivity contribution in [2.75, 3.05) is 13.2 Å². The molecule has 0 radical (unpaired) electrons. The van der Waals surface area contributed by atoms with Crippen LogP contribution in [0.1, 0.15) is 38.7 Å². The first kappa shape index (κ1) is 19.7. The second-order valence-electron chi connectivity index (χ2n) is 7.17. The van der Waals surface area contributed by atoms with E-state index < -0.39 is 5.79 Å². The van der Waals surface area contributed by atoms with Crippen molar-refractivity contribution < 1.29 is 9.47 Å². The van der Waals surface area contributed by atoms with Gasteiger partial charge in [0.1, 0.15) is 0 Å². The molecule has 1 aromatic carbocycles. The van der Waals surface area contributed by atoms with Gasteiger partial charge in [-0.15, -0.1) is 0 Å². The Morgan fingerprint density at radius 2 is 1.88 bits per heavy atom. The first-order chi connectivity index (χ1) is 12.5. The Bertz CT molecular complexity index is 705. The monoisotopic (exact) mass is 396 g/mol. The largest absolute Gasteiger partial charge is 0.347 e. The maximum absolute atomic E-state index is 6.38. The lowest BCUT2D eigenvalue weighted by atomic mass is 9.83. The summed E-state index contributed by atoms with van der Waals surface area (Å²) in [4.78, 5) is 4.14. The van der Waals surface area contributed by atoms with Crippen molar-refractivity contribution in [3.05, 3.63) is 52.5 Å². The average molecular weight is 397 g/mol. The molecule has 0 bridgehead atoms. The first-order valence-electron chi connectivity index (χ1n) is 9.17. The van der Waals surface area contributed by atoms with Crippen molar-refractivity contribution in [3.63, 3.8) is 0 Å². The highest BCUT2D eigenvalue weighted by atomic mass is 35.5. The zero-order chi connectivity index (χ0) is 18.6.